The summed E-state index contributed by atoms with van der Waals surface area (Å²) in [4.78, 5) is 0. The second-order valence-corrected chi connectivity index (χ2v) is 3.59. The van der Waals surface area contributed by atoms with Crippen molar-refractivity contribution in [3.05, 3.63) is 11.1 Å². The van der Waals surface area contributed by atoms with E-state index in [4.69, 9.17) is 0 Å². The maximum atomic E-state index is 4.06. The molecule has 1 heterocycles. The molecule has 1 aromatic rings. The Labute approximate surface area is 77.4 Å². The van der Waals surface area contributed by atoms with E-state index >= 15 is 0 Å². The van der Waals surface area contributed by atoms with Gasteiger partial charge in [0.1, 0.15) is 0 Å². The summed E-state index contributed by atoms with van der Waals surface area (Å²) >= 11 is 1.41. The molecule has 4 heteroatoms. The molecule has 0 amide bonds. The molecule has 3 nitrogen and oxygen atoms in total. The summed E-state index contributed by atoms with van der Waals surface area (Å²) in [5.74, 6) is 0.610. The highest BCUT2D eigenvalue weighted by atomic mass is 32.1. The molecule has 1 rings (SSSR count). The highest BCUT2D eigenvalue weighted by Crippen LogP contribution is 2.22. The second-order valence-electron chi connectivity index (χ2n) is 2.98. The minimum atomic E-state index is 0.355. The topological polar surface area (TPSA) is 37.8 Å². The smallest absolute Gasteiger partial charge is 0.0927 e. The summed E-state index contributed by atoms with van der Waals surface area (Å²) in [6.07, 6.45) is 1.16. The lowest BCUT2D eigenvalue weighted by Crippen LogP contribution is -2.23. The Kier molecular flexibility index (Phi) is 3.62. The van der Waals surface area contributed by atoms with Crippen molar-refractivity contribution < 1.29 is 0 Å². The molecule has 0 bridgehead atoms. The highest BCUT2D eigenvalue weighted by molar-refractivity contribution is 7.03. The molecule has 68 valence electrons. The number of aromatic nitrogens is 2. The number of nitrogens with zero attached hydrogens (tertiary/aromatic N) is 2. The minimum absolute atomic E-state index is 0.355. The largest absolute Gasteiger partial charge is 0.311 e. The molecule has 0 saturated carbocycles. The normalized spacial score (nSPS) is 15.9. The molecule has 0 aliphatic heterocycles. The Morgan fingerprint density at radius 2 is 2.42 bits per heavy atom. The van der Waals surface area contributed by atoms with Crippen LogP contribution in [0.15, 0.2) is 5.38 Å². The van der Waals surface area contributed by atoms with Crippen LogP contribution in [-0.2, 0) is 0 Å². The van der Waals surface area contributed by atoms with Gasteiger partial charge in [-0.15, -0.1) is 5.10 Å². The van der Waals surface area contributed by atoms with Crippen LogP contribution in [0.4, 0.5) is 0 Å². The first-order valence-corrected chi connectivity index (χ1v) is 5.07. The summed E-state index contributed by atoms with van der Waals surface area (Å²) in [5, 5.41) is 9.33. The Hall–Kier alpha value is -0.480. The van der Waals surface area contributed by atoms with Crippen molar-refractivity contribution >= 4 is 11.5 Å². The molecule has 2 unspecified atom stereocenters. The fraction of sp³-hybridized carbons (Fsp3) is 0.750. The first-order chi connectivity index (χ1) is 5.79. The van der Waals surface area contributed by atoms with E-state index in [0.717, 1.165) is 12.1 Å². The third-order valence-corrected chi connectivity index (χ3v) is 2.74. The fourth-order valence-electron chi connectivity index (χ4n) is 1.27. The first-order valence-electron chi connectivity index (χ1n) is 4.23. The Bertz CT molecular complexity index is 210. The standard InChI is InChI=1S/C8H15N3S/c1-4-6(2)8(9-3)7-5-12-11-10-7/h5-6,8-9H,4H2,1-3H3. The van der Waals surface area contributed by atoms with Crippen LogP contribution in [0, 0.1) is 5.92 Å². The number of rotatable bonds is 4. The van der Waals surface area contributed by atoms with Crippen LogP contribution in [0.25, 0.3) is 0 Å². The maximum absolute atomic E-state index is 4.06. The van der Waals surface area contributed by atoms with Crippen LogP contribution in [0.5, 0.6) is 0 Å². The lowest BCUT2D eigenvalue weighted by molar-refractivity contribution is 0.392. The average Bonchev–Trinajstić information content (AvgIpc) is 2.58. The minimum Gasteiger partial charge on any atom is -0.311 e. The molecular formula is C8H15N3S. The number of nitrogens with one attached hydrogen (secondary N) is 1. The molecular weight excluding hydrogens is 170 g/mol. The number of hydrogen-bond acceptors (Lipinski definition) is 4. The third-order valence-electron chi connectivity index (χ3n) is 2.22. The summed E-state index contributed by atoms with van der Waals surface area (Å²) in [6, 6.07) is 0.355. The monoisotopic (exact) mass is 185 g/mol. The van der Waals surface area contributed by atoms with Gasteiger partial charge in [0.15, 0.2) is 0 Å². The van der Waals surface area contributed by atoms with Crippen molar-refractivity contribution in [2.24, 2.45) is 5.92 Å². The van der Waals surface area contributed by atoms with E-state index in [-0.39, 0.29) is 0 Å². The van der Waals surface area contributed by atoms with E-state index in [9.17, 15) is 0 Å². The molecule has 0 radical (unpaired) electrons. The van der Waals surface area contributed by atoms with Gasteiger partial charge < -0.3 is 5.32 Å². The molecule has 0 saturated heterocycles. The Morgan fingerprint density at radius 1 is 1.67 bits per heavy atom. The van der Waals surface area contributed by atoms with E-state index in [2.05, 4.69) is 28.8 Å². The lowest BCUT2D eigenvalue weighted by Gasteiger charge is -2.19. The zero-order valence-electron chi connectivity index (χ0n) is 7.74. The second kappa shape index (κ2) is 4.52. The highest BCUT2D eigenvalue weighted by Gasteiger charge is 2.17. The van der Waals surface area contributed by atoms with Gasteiger partial charge in [-0.2, -0.15) is 0 Å². The molecule has 12 heavy (non-hydrogen) atoms. The molecule has 1 N–H and O–H groups in total. The zero-order valence-corrected chi connectivity index (χ0v) is 8.56. The molecule has 2 atom stereocenters. The quantitative estimate of drug-likeness (QED) is 0.778. The van der Waals surface area contributed by atoms with E-state index < -0.39 is 0 Å². The van der Waals surface area contributed by atoms with Gasteiger partial charge in [-0.1, -0.05) is 24.8 Å². The maximum Gasteiger partial charge on any atom is 0.0927 e. The van der Waals surface area contributed by atoms with Gasteiger partial charge in [-0.05, 0) is 24.5 Å². The Morgan fingerprint density at radius 3 is 2.83 bits per heavy atom. The van der Waals surface area contributed by atoms with Crippen LogP contribution >= 0.6 is 11.5 Å². The van der Waals surface area contributed by atoms with Gasteiger partial charge in [0, 0.05) is 5.38 Å². The van der Waals surface area contributed by atoms with Gasteiger partial charge >= 0.3 is 0 Å². The van der Waals surface area contributed by atoms with E-state index in [1.165, 1.54) is 11.5 Å². The van der Waals surface area contributed by atoms with Gasteiger partial charge in [-0.25, -0.2) is 0 Å². The summed E-state index contributed by atoms with van der Waals surface area (Å²) in [6.45, 7) is 4.41. The van der Waals surface area contributed by atoms with Crippen molar-refractivity contribution in [2.45, 2.75) is 26.3 Å². The predicted octanol–water partition coefficient (Wildman–Crippen LogP) is 1.84. The zero-order chi connectivity index (χ0) is 8.97. The van der Waals surface area contributed by atoms with Crippen LogP contribution in [0.2, 0.25) is 0 Å². The van der Waals surface area contributed by atoms with Gasteiger partial charge in [-0.3, -0.25) is 0 Å². The van der Waals surface area contributed by atoms with E-state index in [0.29, 0.717) is 12.0 Å². The average molecular weight is 185 g/mol. The number of hydrogen-bond donors (Lipinski definition) is 1. The summed E-state index contributed by atoms with van der Waals surface area (Å²) < 4.78 is 3.86. The predicted molar refractivity (Wildman–Crippen MR) is 51.2 cm³/mol. The Balaban J connectivity index is 2.69. The molecule has 0 spiro atoms. The van der Waals surface area contributed by atoms with Crippen LogP contribution < -0.4 is 5.32 Å². The SMILES string of the molecule is CCC(C)C(NC)c1csnn1. The van der Waals surface area contributed by atoms with Crippen LogP contribution in [0.3, 0.4) is 0 Å². The fourth-order valence-corrected chi connectivity index (χ4v) is 1.76. The van der Waals surface area contributed by atoms with Crippen molar-refractivity contribution in [2.75, 3.05) is 7.05 Å². The molecule has 0 aromatic carbocycles. The first kappa shape index (κ1) is 9.61. The van der Waals surface area contributed by atoms with Crippen molar-refractivity contribution in [3.63, 3.8) is 0 Å². The van der Waals surface area contributed by atoms with Gasteiger partial charge in [0.2, 0.25) is 0 Å². The van der Waals surface area contributed by atoms with Crippen molar-refractivity contribution in [1.82, 2.24) is 14.9 Å². The van der Waals surface area contributed by atoms with Gasteiger partial charge in [0.25, 0.3) is 0 Å². The third kappa shape index (κ3) is 2.01. The van der Waals surface area contributed by atoms with E-state index in [1.54, 1.807) is 0 Å². The summed E-state index contributed by atoms with van der Waals surface area (Å²) in [5.41, 5.74) is 1.07. The van der Waals surface area contributed by atoms with Crippen molar-refractivity contribution in [1.29, 1.82) is 0 Å². The van der Waals surface area contributed by atoms with Gasteiger partial charge in [0.05, 0.1) is 11.7 Å². The molecule has 0 aliphatic carbocycles. The van der Waals surface area contributed by atoms with Crippen LogP contribution in [0.1, 0.15) is 32.0 Å². The lowest BCUT2D eigenvalue weighted by atomic mass is 9.97. The molecule has 1 aromatic heterocycles. The van der Waals surface area contributed by atoms with E-state index in [1.807, 2.05) is 12.4 Å². The van der Waals surface area contributed by atoms with Crippen molar-refractivity contribution in [3.8, 4) is 0 Å². The summed E-state index contributed by atoms with van der Waals surface area (Å²) in [7, 11) is 1.97. The molecule has 0 fully saturated rings. The molecule has 0 aliphatic rings. The van der Waals surface area contributed by atoms with Crippen LogP contribution in [-0.4, -0.2) is 16.6 Å².